The SMILES string of the molecule is [2H]C(CC)C(=O)OC[C@H]1OC(O)[C@H](O)[C@@H](OC(=O)C([2H])CC)[C@@H]1O. The van der Waals surface area contributed by atoms with Gasteiger partial charge in [-0.25, -0.2) is 0 Å². The van der Waals surface area contributed by atoms with Crippen molar-refractivity contribution >= 4 is 11.9 Å². The van der Waals surface area contributed by atoms with Crippen LogP contribution in [0.5, 0.6) is 0 Å². The number of esters is 2. The van der Waals surface area contributed by atoms with E-state index in [0.29, 0.717) is 0 Å². The van der Waals surface area contributed by atoms with Gasteiger partial charge in [-0.1, -0.05) is 13.8 Å². The van der Waals surface area contributed by atoms with E-state index in [-0.39, 0.29) is 12.8 Å². The van der Waals surface area contributed by atoms with Crippen molar-refractivity contribution in [2.75, 3.05) is 6.61 Å². The zero-order valence-corrected chi connectivity index (χ0v) is 12.5. The van der Waals surface area contributed by atoms with E-state index in [1.807, 2.05) is 0 Å². The van der Waals surface area contributed by atoms with Crippen molar-refractivity contribution < 1.29 is 41.9 Å². The molecule has 0 saturated carbocycles. The molecule has 1 saturated heterocycles. The molecule has 128 valence electrons. The quantitative estimate of drug-likeness (QED) is 0.535. The van der Waals surface area contributed by atoms with Crippen LogP contribution in [0.2, 0.25) is 0 Å². The van der Waals surface area contributed by atoms with Gasteiger partial charge in [0.25, 0.3) is 0 Å². The highest BCUT2D eigenvalue weighted by Gasteiger charge is 2.46. The molecule has 1 aliphatic heterocycles. The van der Waals surface area contributed by atoms with E-state index in [1.165, 1.54) is 0 Å². The van der Waals surface area contributed by atoms with E-state index in [1.54, 1.807) is 13.8 Å². The molecule has 3 N–H and O–H groups in total. The van der Waals surface area contributed by atoms with Crippen molar-refractivity contribution in [3.05, 3.63) is 0 Å². The molecule has 8 heteroatoms. The minimum atomic E-state index is -1.77. The molecule has 0 aliphatic carbocycles. The minimum Gasteiger partial charge on any atom is -0.463 e. The molecule has 0 spiro atoms. The summed E-state index contributed by atoms with van der Waals surface area (Å²) in [5, 5.41) is 29.6. The Hall–Kier alpha value is -1.22. The molecule has 22 heavy (non-hydrogen) atoms. The molecule has 0 aromatic rings. The van der Waals surface area contributed by atoms with Crippen LogP contribution >= 0.6 is 0 Å². The molecular formula is C14H24O8. The summed E-state index contributed by atoms with van der Waals surface area (Å²) in [6, 6.07) is 0. The summed E-state index contributed by atoms with van der Waals surface area (Å²) < 4.78 is 29.6. The molecule has 1 aliphatic rings. The Balaban J connectivity index is 2.72. The number of aliphatic hydroxyl groups excluding tert-OH is 3. The standard InChI is InChI=1S/C14H24O8/c1-3-5-9(15)20-7-8-11(17)13(12(18)14(19)21-8)22-10(16)6-4-2/h8,11-14,17-19H,3-7H2,1-2H3/t8-,11-,12-,13+,14?/m1/s1/i5D,6D/t5?,6?,8-,11-,12-,13+,14?. The third kappa shape index (κ3) is 5.20. The Labute approximate surface area is 131 Å². The number of hydrogen-bond donors (Lipinski definition) is 3. The Morgan fingerprint density at radius 3 is 2.27 bits per heavy atom. The van der Waals surface area contributed by atoms with Gasteiger partial charge in [0.05, 0.1) is 0 Å². The van der Waals surface area contributed by atoms with E-state index in [0.717, 1.165) is 0 Å². The van der Waals surface area contributed by atoms with Crippen LogP contribution in [0.3, 0.4) is 0 Å². The predicted molar refractivity (Wildman–Crippen MR) is 73.5 cm³/mol. The van der Waals surface area contributed by atoms with Crippen molar-refractivity contribution in [2.45, 2.75) is 70.2 Å². The fourth-order valence-electron chi connectivity index (χ4n) is 1.93. The normalized spacial score (nSPS) is 35.8. The highest BCUT2D eigenvalue weighted by atomic mass is 16.7. The topological polar surface area (TPSA) is 123 Å². The molecule has 3 unspecified atom stereocenters. The second kappa shape index (κ2) is 9.04. The number of carbonyl (C=O) groups excluding carboxylic acids is 2. The predicted octanol–water partition coefficient (Wildman–Crippen LogP) is -0.519. The van der Waals surface area contributed by atoms with Crippen LogP contribution in [0.4, 0.5) is 0 Å². The van der Waals surface area contributed by atoms with E-state index in [2.05, 4.69) is 0 Å². The highest BCUT2D eigenvalue weighted by Crippen LogP contribution is 2.23. The van der Waals surface area contributed by atoms with Crippen LogP contribution in [-0.4, -0.2) is 64.6 Å². The van der Waals surface area contributed by atoms with Gasteiger partial charge in [0.2, 0.25) is 0 Å². The molecule has 0 amide bonds. The molecular weight excluding hydrogens is 296 g/mol. The largest absolute Gasteiger partial charge is 0.463 e. The second-order valence-corrected chi connectivity index (χ2v) is 4.80. The number of aliphatic hydroxyl groups is 3. The zero-order valence-electron chi connectivity index (χ0n) is 14.5. The van der Waals surface area contributed by atoms with Crippen molar-refractivity contribution in [2.24, 2.45) is 0 Å². The lowest BCUT2D eigenvalue weighted by molar-refractivity contribution is -0.290. The van der Waals surface area contributed by atoms with Crippen LogP contribution < -0.4 is 0 Å². The fourth-order valence-corrected chi connectivity index (χ4v) is 1.93. The maximum atomic E-state index is 11.7. The van der Waals surface area contributed by atoms with E-state index >= 15 is 0 Å². The van der Waals surface area contributed by atoms with Gasteiger partial charge in [-0.3, -0.25) is 9.59 Å². The fraction of sp³-hybridized carbons (Fsp3) is 0.857. The van der Waals surface area contributed by atoms with Gasteiger partial charge in [0, 0.05) is 15.5 Å². The highest BCUT2D eigenvalue weighted by molar-refractivity contribution is 5.69. The van der Waals surface area contributed by atoms with Crippen LogP contribution in [0.25, 0.3) is 0 Å². The van der Waals surface area contributed by atoms with Crippen molar-refractivity contribution in [3.8, 4) is 0 Å². The lowest BCUT2D eigenvalue weighted by atomic mass is 9.99. The molecule has 0 aromatic heterocycles. The Kier molecular flexibility index (Phi) is 6.44. The van der Waals surface area contributed by atoms with Crippen molar-refractivity contribution in [3.63, 3.8) is 0 Å². The first-order chi connectivity index (χ1) is 11.2. The van der Waals surface area contributed by atoms with Gasteiger partial charge in [0.1, 0.15) is 24.9 Å². The molecule has 7 atom stereocenters. The lowest BCUT2D eigenvalue weighted by Crippen LogP contribution is -2.60. The van der Waals surface area contributed by atoms with Crippen molar-refractivity contribution in [1.82, 2.24) is 0 Å². The molecule has 8 nitrogen and oxygen atoms in total. The minimum absolute atomic E-state index is 0.180. The summed E-state index contributed by atoms with van der Waals surface area (Å²) in [5.74, 6) is -1.78. The maximum Gasteiger partial charge on any atom is 0.306 e. The molecule has 0 aromatic carbocycles. The summed E-state index contributed by atoms with van der Waals surface area (Å²) in [4.78, 5) is 23.2. The Bertz CT molecular complexity index is 435. The summed E-state index contributed by atoms with van der Waals surface area (Å²) in [6.07, 6.45) is -9.66. The van der Waals surface area contributed by atoms with Gasteiger partial charge in [-0.2, -0.15) is 0 Å². The maximum absolute atomic E-state index is 11.7. The first kappa shape index (κ1) is 15.7. The monoisotopic (exact) mass is 322 g/mol. The van der Waals surface area contributed by atoms with Gasteiger partial charge < -0.3 is 29.5 Å². The average Bonchev–Trinajstić information content (AvgIpc) is 2.58. The number of hydrogen-bond acceptors (Lipinski definition) is 8. The van der Waals surface area contributed by atoms with Crippen LogP contribution in [0.1, 0.15) is 42.2 Å². The number of ether oxygens (including phenoxy) is 3. The smallest absolute Gasteiger partial charge is 0.306 e. The first-order valence-electron chi connectivity index (χ1n) is 8.29. The van der Waals surface area contributed by atoms with Gasteiger partial charge >= 0.3 is 11.9 Å². The molecule has 0 bridgehead atoms. The average molecular weight is 322 g/mol. The van der Waals surface area contributed by atoms with E-state index in [9.17, 15) is 24.9 Å². The zero-order chi connectivity index (χ0) is 18.4. The van der Waals surface area contributed by atoms with Crippen LogP contribution in [0, 0.1) is 0 Å². The van der Waals surface area contributed by atoms with Gasteiger partial charge in [-0.15, -0.1) is 0 Å². The lowest BCUT2D eigenvalue weighted by Gasteiger charge is -2.39. The van der Waals surface area contributed by atoms with Crippen LogP contribution in [-0.2, 0) is 23.8 Å². The first-order valence-corrected chi connectivity index (χ1v) is 7.14. The molecule has 1 fully saturated rings. The van der Waals surface area contributed by atoms with Gasteiger partial charge in [0.15, 0.2) is 12.4 Å². The summed E-state index contributed by atoms with van der Waals surface area (Å²) in [7, 11) is 0. The summed E-state index contributed by atoms with van der Waals surface area (Å²) >= 11 is 0. The molecule has 1 heterocycles. The number of rotatable bonds is 7. The third-order valence-electron chi connectivity index (χ3n) is 3.04. The number of carbonyl (C=O) groups is 2. The summed E-state index contributed by atoms with van der Waals surface area (Å²) in [6.45, 7) is 2.74. The molecule has 0 radical (unpaired) electrons. The van der Waals surface area contributed by atoms with E-state index in [4.69, 9.17) is 17.0 Å². The molecule has 1 rings (SSSR count). The van der Waals surface area contributed by atoms with E-state index < -0.39 is 62.0 Å². The van der Waals surface area contributed by atoms with Crippen molar-refractivity contribution in [1.29, 1.82) is 0 Å². The third-order valence-corrected chi connectivity index (χ3v) is 3.04. The second-order valence-electron chi connectivity index (χ2n) is 4.80. The van der Waals surface area contributed by atoms with Gasteiger partial charge in [-0.05, 0) is 12.8 Å². The van der Waals surface area contributed by atoms with Crippen LogP contribution in [0.15, 0.2) is 0 Å². The summed E-state index contributed by atoms with van der Waals surface area (Å²) in [5.41, 5.74) is 0. The Morgan fingerprint density at radius 2 is 1.68 bits per heavy atom. The Morgan fingerprint density at radius 1 is 1.09 bits per heavy atom.